The third kappa shape index (κ3) is 4.75. The van der Waals surface area contributed by atoms with Crippen molar-refractivity contribution in [1.82, 2.24) is 0 Å². The van der Waals surface area contributed by atoms with Gasteiger partial charge in [0.2, 0.25) is 0 Å². The van der Waals surface area contributed by atoms with Gasteiger partial charge in [0.15, 0.2) is 6.10 Å². The first-order valence-electron chi connectivity index (χ1n) is 5.54. The van der Waals surface area contributed by atoms with Crippen LogP contribution in [0.1, 0.15) is 18.9 Å². The highest BCUT2D eigenvalue weighted by Crippen LogP contribution is 2.27. The van der Waals surface area contributed by atoms with Gasteiger partial charge in [-0.3, -0.25) is 0 Å². The van der Waals surface area contributed by atoms with E-state index in [4.69, 9.17) is 14.9 Å². The van der Waals surface area contributed by atoms with Crippen molar-refractivity contribution in [3.8, 4) is 5.75 Å². The van der Waals surface area contributed by atoms with Crippen LogP contribution in [0.15, 0.2) is 28.7 Å². The highest BCUT2D eigenvalue weighted by Gasteiger charge is 2.17. The van der Waals surface area contributed by atoms with Crippen LogP contribution in [-0.2, 0) is 9.59 Å². The van der Waals surface area contributed by atoms with E-state index < -0.39 is 18.0 Å². The third-order valence-corrected chi connectivity index (χ3v) is 2.91. The number of rotatable bonds is 6. The number of carboxylic acids is 2. The van der Waals surface area contributed by atoms with E-state index in [0.717, 1.165) is 6.08 Å². The van der Waals surface area contributed by atoms with Gasteiger partial charge in [-0.2, -0.15) is 0 Å². The largest absolute Gasteiger partial charge is 0.479 e. The van der Waals surface area contributed by atoms with E-state index >= 15 is 0 Å². The topological polar surface area (TPSA) is 83.8 Å². The number of carbonyl (C=O) groups is 2. The Morgan fingerprint density at radius 3 is 2.58 bits per heavy atom. The Labute approximate surface area is 118 Å². The molecule has 0 amide bonds. The molecule has 0 aliphatic heterocycles. The Balaban J connectivity index is 2.88. The van der Waals surface area contributed by atoms with Crippen molar-refractivity contribution in [3.63, 3.8) is 0 Å². The van der Waals surface area contributed by atoms with Gasteiger partial charge in [0.05, 0.1) is 4.47 Å². The molecule has 6 heteroatoms. The van der Waals surface area contributed by atoms with Gasteiger partial charge in [-0.15, -0.1) is 0 Å². The van der Waals surface area contributed by atoms with Gasteiger partial charge in [-0.1, -0.05) is 13.0 Å². The average molecular weight is 329 g/mol. The summed E-state index contributed by atoms with van der Waals surface area (Å²) in [5, 5.41) is 17.4. The van der Waals surface area contributed by atoms with Crippen LogP contribution < -0.4 is 4.74 Å². The number of carboxylic acid groups (broad SMARTS) is 2. The van der Waals surface area contributed by atoms with Crippen LogP contribution >= 0.6 is 15.9 Å². The smallest absolute Gasteiger partial charge is 0.344 e. The molecule has 1 aromatic carbocycles. The molecule has 0 saturated heterocycles. The Hall–Kier alpha value is -1.82. The molecule has 0 spiro atoms. The van der Waals surface area contributed by atoms with Crippen LogP contribution in [0.5, 0.6) is 5.75 Å². The summed E-state index contributed by atoms with van der Waals surface area (Å²) in [5.74, 6) is -1.65. The molecular formula is C13H13BrO5. The van der Waals surface area contributed by atoms with Crippen LogP contribution in [0, 0.1) is 0 Å². The Bertz CT molecular complexity index is 510. The summed E-state index contributed by atoms with van der Waals surface area (Å²) in [5.41, 5.74) is 0.671. The molecule has 0 aliphatic carbocycles. The molecule has 5 nitrogen and oxygen atoms in total. The maximum Gasteiger partial charge on any atom is 0.344 e. The first-order chi connectivity index (χ1) is 8.93. The van der Waals surface area contributed by atoms with Crippen LogP contribution in [-0.4, -0.2) is 28.3 Å². The summed E-state index contributed by atoms with van der Waals surface area (Å²) in [6.07, 6.45) is 1.90. The standard InChI is InChI=1S/C13H13BrO5/c1-2-10(13(17)18)19-11-5-3-8(7-9(11)14)4-6-12(15)16/h3-7,10H,2H2,1H3,(H,15,16)(H,17,18). The molecule has 19 heavy (non-hydrogen) atoms. The Kier molecular flexibility index (Phi) is 5.57. The number of halogens is 1. The summed E-state index contributed by atoms with van der Waals surface area (Å²) >= 11 is 3.26. The predicted octanol–water partition coefficient (Wildman–Crippen LogP) is 2.79. The summed E-state index contributed by atoms with van der Waals surface area (Å²) < 4.78 is 5.92. The van der Waals surface area contributed by atoms with Crippen molar-refractivity contribution in [2.24, 2.45) is 0 Å². The van der Waals surface area contributed by atoms with E-state index in [9.17, 15) is 9.59 Å². The van der Waals surface area contributed by atoms with Crippen molar-refractivity contribution in [1.29, 1.82) is 0 Å². The third-order valence-electron chi connectivity index (χ3n) is 2.29. The molecule has 0 bridgehead atoms. The van der Waals surface area contributed by atoms with Crippen molar-refractivity contribution in [3.05, 3.63) is 34.3 Å². The van der Waals surface area contributed by atoms with E-state index in [2.05, 4.69) is 15.9 Å². The molecule has 2 N–H and O–H groups in total. The fraction of sp³-hybridized carbons (Fsp3) is 0.231. The zero-order chi connectivity index (χ0) is 14.4. The molecule has 0 aromatic heterocycles. The number of aliphatic carboxylic acids is 2. The minimum atomic E-state index is -1.03. The molecule has 102 valence electrons. The van der Waals surface area contributed by atoms with E-state index in [-0.39, 0.29) is 0 Å². The molecule has 1 aromatic rings. The van der Waals surface area contributed by atoms with Gasteiger partial charge in [0, 0.05) is 6.08 Å². The van der Waals surface area contributed by atoms with Crippen molar-refractivity contribution < 1.29 is 24.5 Å². The Morgan fingerprint density at radius 1 is 1.42 bits per heavy atom. The predicted molar refractivity (Wildman–Crippen MR) is 73.2 cm³/mol. The second kappa shape index (κ2) is 6.94. The van der Waals surface area contributed by atoms with Gasteiger partial charge in [0.1, 0.15) is 5.75 Å². The second-order valence-corrected chi connectivity index (χ2v) is 4.57. The molecule has 0 saturated carbocycles. The monoisotopic (exact) mass is 328 g/mol. The van der Waals surface area contributed by atoms with Crippen molar-refractivity contribution >= 4 is 33.9 Å². The maximum atomic E-state index is 10.9. The van der Waals surface area contributed by atoms with Crippen LogP contribution in [0.2, 0.25) is 0 Å². The molecule has 1 rings (SSSR count). The van der Waals surface area contributed by atoms with Crippen LogP contribution in [0.3, 0.4) is 0 Å². The van der Waals surface area contributed by atoms with E-state index in [1.54, 1.807) is 25.1 Å². The second-order valence-electron chi connectivity index (χ2n) is 3.71. The SMILES string of the molecule is CCC(Oc1ccc(C=CC(=O)O)cc1Br)C(=O)O. The first kappa shape index (κ1) is 15.2. The lowest BCUT2D eigenvalue weighted by atomic mass is 10.2. The maximum absolute atomic E-state index is 10.9. The zero-order valence-corrected chi connectivity index (χ0v) is 11.8. The number of hydrogen-bond acceptors (Lipinski definition) is 3. The lowest BCUT2D eigenvalue weighted by Gasteiger charge is -2.14. The van der Waals surface area contributed by atoms with Crippen LogP contribution in [0.4, 0.5) is 0 Å². The number of ether oxygens (including phenoxy) is 1. The van der Waals surface area contributed by atoms with Crippen molar-refractivity contribution in [2.45, 2.75) is 19.4 Å². The highest BCUT2D eigenvalue weighted by molar-refractivity contribution is 9.10. The summed E-state index contributed by atoms with van der Waals surface area (Å²) in [4.78, 5) is 21.3. The van der Waals surface area contributed by atoms with Gasteiger partial charge >= 0.3 is 11.9 Å². The molecule has 0 heterocycles. The van der Waals surface area contributed by atoms with E-state index in [1.807, 2.05) is 0 Å². The van der Waals surface area contributed by atoms with Crippen molar-refractivity contribution in [2.75, 3.05) is 0 Å². The van der Waals surface area contributed by atoms with Gasteiger partial charge in [0.25, 0.3) is 0 Å². The van der Waals surface area contributed by atoms with E-state index in [1.165, 1.54) is 6.08 Å². The lowest BCUT2D eigenvalue weighted by molar-refractivity contribution is -0.145. The summed E-state index contributed by atoms with van der Waals surface area (Å²) in [6, 6.07) is 4.90. The molecule has 0 radical (unpaired) electrons. The minimum Gasteiger partial charge on any atom is -0.479 e. The molecular weight excluding hydrogens is 316 g/mol. The number of hydrogen-bond donors (Lipinski definition) is 2. The summed E-state index contributed by atoms with van der Waals surface area (Å²) in [6.45, 7) is 1.72. The lowest BCUT2D eigenvalue weighted by Crippen LogP contribution is -2.26. The quantitative estimate of drug-likeness (QED) is 0.784. The van der Waals surface area contributed by atoms with Crippen LogP contribution in [0.25, 0.3) is 6.08 Å². The minimum absolute atomic E-state index is 0.350. The average Bonchev–Trinajstić information content (AvgIpc) is 2.34. The summed E-state index contributed by atoms with van der Waals surface area (Å²) in [7, 11) is 0. The highest BCUT2D eigenvalue weighted by atomic mass is 79.9. The van der Waals surface area contributed by atoms with Gasteiger partial charge < -0.3 is 14.9 Å². The van der Waals surface area contributed by atoms with Gasteiger partial charge in [-0.05, 0) is 46.1 Å². The number of benzene rings is 1. The normalized spacial score (nSPS) is 12.3. The Morgan fingerprint density at radius 2 is 2.11 bits per heavy atom. The van der Waals surface area contributed by atoms with E-state index in [0.29, 0.717) is 22.2 Å². The fourth-order valence-corrected chi connectivity index (χ4v) is 1.84. The van der Waals surface area contributed by atoms with Gasteiger partial charge in [-0.25, -0.2) is 9.59 Å². The first-order valence-corrected chi connectivity index (χ1v) is 6.33. The fourth-order valence-electron chi connectivity index (χ4n) is 1.35. The molecule has 0 aliphatic rings. The molecule has 1 atom stereocenters. The molecule has 1 unspecified atom stereocenters. The molecule has 0 fully saturated rings. The zero-order valence-electron chi connectivity index (χ0n) is 10.2.